The lowest BCUT2D eigenvalue weighted by Gasteiger charge is -2.41. The van der Waals surface area contributed by atoms with Crippen molar-refractivity contribution in [3.63, 3.8) is 0 Å². The second-order valence-electron chi connectivity index (χ2n) is 5.48. The van der Waals surface area contributed by atoms with Gasteiger partial charge in [-0.3, -0.25) is 4.79 Å². The number of carbonyl (C=O) groups excluding carboxylic acids is 1. The number of Topliss-reactive ketones (excluding diaryl/α,β-unsaturated/α-hetero) is 1. The van der Waals surface area contributed by atoms with E-state index in [0.717, 1.165) is 0 Å². The molecule has 0 aromatic heterocycles. The van der Waals surface area contributed by atoms with E-state index in [1.807, 2.05) is 6.92 Å². The third kappa shape index (κ3) is 3.80. The molecular formula is C14H24O7. The van der Waals surface area contributed by atoms with Gasteiger partial charge in [0, 0.05) is 27.1 Å². The molecule has 7 atom stereocenters. The lowest BCUT2D eigenvalue weighted by molar-refractivity contribution is -0.292. The van der Waals surface area contributed by atoms with Gasteiger partial charge in [0.25, 0.3) is 0 Å². The Morgan fingerprint density at radius 1 is 1.14 bits per heavy atom. The van der Waals surface area contributed by atoms with Gasteiger partial charge < -0.3 is 28.8 Å². The molecular weight excluding hydrogens is 280 g/mol. The highest BCUT2D eigenvalue weighted by molar-refractivity contribution is 5.87. The molecule has 1 N–H and O–H groups in total. The van der Waals surface area contributed by atoms with Crippen molar-refractivity contribution in [1.29, 1.82) is 0 Å². The summed E-state index contributed by atoms with van der Waals surface area (Å²) in [6.07, 6.45) is -2.84. The molecule has 0 amide bonds. The summed E-state index contributed by atoms with van der Waals surface area (Å²) in [7, 11) is 3.07. The van der Waals surface area contributed by atoms with Gasteiger partial charge in [-0.25, -0.2) is 0 Å². The van der Waals surface area contributed by atoms with Crippen molar-refractivity contribution in [2.45, 2.75) is 69.8 Å². The van der Waals surface area contributed by atoms with Crippen LogP contribution in [0.1, 0.15) is 26.7 Å². The SMILES string of the molecule is COC1CC(OC2C(C)OC(O)CC2OC)OC(C)C1=O. The number of hydrogen-bond acceptors (Lipinski definition) is 7. The van der Waals surface area contributed by atoms with Crippen molar-refractivity contribution in [3.05, 3.63) is 0 Å². The van der Waals surface area contributed by atoms with E-state index < -0.39 is 24.8 Å². The van der Waals surface area contributed by atoms with Gasteiger partial charge in [-0.2, -0.15) is 0 Å². The van der Waals surface area contributed by atoms with E-state index in [0.29, 0.717) is 12.8 Å². The van der Waals surface area contributed by atoms with Gasteiger partial charge in [-0.15, -0.1) is 0 Å². The van der Waals surface area contributed by atoms with Gasteiger partial charge in [0.2, 0.25) is 0 Å². The molecule has 2 aliphatic heterocycles. The van der Waals surface area contributed by atoms with Crippen LogP contribution in [0.2, 0.25) is 0 Å². The quantitative estimate of drug-likeness (QED) is 0.796. The van der Waals surface area contributed by atoms with Crippen molar-refractivity contribution in [2.75, 3.05) is 14.2 Å². The third-order valence-electron chi connectivity index (χ3n) is 4.01. The van der Waals surface area contributed by atoms with E-state index >= 15 is 0 Å². The van der Waals surface area contributed by atoms with Crippen LogP contribution in [0, 0.1) is 0 Å². The molecule has 0 aromatic carbocycles. The fourth-order valence-electron chi connectivity index (χ4n) is 2.82. The van der Waals surface area contributed by atoms with Gasteiger partial charge in [0.05, 0.1) is 12.2 Å². The number of carbonyl (C=O) groups is 1. The van der Waals surface area contributed by atoms with Crippen molar-refractivity contribution in [2.24, 2.45) is 0 Å². The van der Waals surface area contributed by atoms with Crippen molar-refractivity contribution >= 4 is 5.78 Å². The van der Waals surface area contributed by atoms with Crippen LogP contribution in [-0.4, -0.2) is 68.2 Å². The number of hydrogen-bond donors (Lipinski definition) is 1. The van der Waals surface area contributed by atoms with Crippen LogP contribution < -0.4 is 0 Å². The number of rotatable bonds is 4. The van der Waals surface area contributed by atoms with Crippen molar-refractivity contribution in [3.8, 4) is 0 Å². The molecule has 7 nitrogen and oxygen atoms in total. The van der Waals surface area contributed by atoms with Crippen LogP contribution in [0.5, 0.6) is 0 Å². The maximum atomic E-state index is 11.8. The molecule has 2 aliphatic rings. The Balaban J connectivity index is 2.00. The topological polar surface area (TPSA) is 83.5 Å². The molecule has 122 valence electrons. The van der Waals surface area contributed by atoms with Gasteiger partial charge in [-0.1, -0.05) is 0 Å². The summed E-state index contributed by atoms with van der Waals surface area (Å²) >= 11 is 0. The van der Waals surface area contributed by atoms with Crippen LogP contribution in [0.4, 0.5) is 0 Å². The van der Waals surface area contributed by atoms with E-state index in [1.54, 1.807) is 14.0 Å². The molecule has 7 heteroatoms. The number of methoxy groups -OCH3 is 2. The maximum absolute atomic E-state index is 11.8. The van der Waals surface area contributed by atoms with E-state index in [2.05, 4.69) is 0 Å². The fraction of sp³-hybridized carbons (Fsp3) is 0.929. The molecule has 7 unspecified atom stereocenters. The molecule has 21 heavy (non-hydrogen) atoms. The van der Waals surface area contributed by atoms with Crippen LogP contribution >= 0.6 is 0 Å². The van der Waals surface area contributed by atoms with E-state index in [-0.39, 0.29) is 24.1 Å². The number of ketones is 1. The smallest absolute Gasteiger partial charge is 0.190 e. The monoisotopic (exact) mass is 304 g/mol. The molecule has 0 bridgehead atoms. The zero-order chi connectivity index (χ0) is 15.6. The van der Waals surface area contributed by atoms with Crippen LogP contribution in [0.15, 0.2) is 0 Å². The molecule has 0 radical (unpaired) electrons. The highest BCUT2D eigenvalue weighted by atomic mass is 16.7. The molecule has 0 spiro atoms. The molecule has 2 rings (SSSR count). The first kappa shape index (κ1) is 16.8. The number of aliphatic hydroxyl groups is 1. The van der Waals surface area contributed by atoms with Gasteiger partial charge in [0.1, 0.15) is 18.3 Å². The van der Waals surface area contributed by atoms with Crippen LogP contribution in [-0.2, 0) is 28.5 Å². The minimum atomic E-state index is -0.857. The summed E-state index contributed by atoms with van der Waals surface area (Å²) in [6, 6.07) is 0. The van der Waals surface area contributed by atoms with Gasteiger partial charge in [-0.05, 0) is 13.8 Å². The first-order valence-corrected chi connectivity index (χ1v) is 7.20. The Labute approximate surface area is 124 Å². The third-order valence-corrected chi connectivity index (χ3v) is 4.01. The largest absolute Gasteiger partial charge is 0.378 e. The average molecular weight is 304 g/mol. The first-order chi connectivity index (χ1) is 9.96. The normalized spacial score (nSPS) is 44.8. The first-order valence-electron chi connectivity index (χ1n) is 7.20. The summed E-state index contributed by atoms with van der Waals surface area (Å²) in [5.74, 6) is -0.0796. The summed E-state index contributed by atoms with van der Waals surface area (Å²) in [5.41, 5.74) is 0. The second-order valence-corrected chi connectivity index (χ2v) is 5.48. The Morgan fingerprint density at radius 3 is 2.48 bits per heavy atom. The molecule has 2 fully saturated rings. The maximum Gasteiger partial charge on any atom is 0.190 e. The van der Waals surface area contributed by atoms with E-state index in [9.17, 15) is 9.90 Å². The lowest BCUT2D eigenvalue weighted by Crippen LogP contribution is -2.53. The molecule has 0 aliphatic carbocycles. The standard InChI is InChI=1S/C14H24O7/c1-7-13(16)9(17-3)6-12(20-7)21-14-8(2)19-11(15)5-10(14)18-4/h7-12,14-15H,5-6H2,1-4H3. The van der Waals surface area contributed by atoms with E-state index in [4.69, 9.17) is 23.7 Å². The second kappa shape index (κ2) is 7.13. The Bertz CT molecular complexity index is 361. The molecule has 0 aromatic rings. The summed E-state index contributed by atoms with van der Waals surface area (Å²) in [6.45, 7) is 3.49. The minimum Gasteiger partial charge on any atom is -0.378 e. The highest BCUT2D eigenvalue weighted by Gasteiger charge is 2.42. The summed E-state index contributed by atoms with van der Waals surface area (Å²) < 4.78 is 27.4. The highest BCUT2D eigenvalue weighted by Crippen LogP contribution is 2.28. The number of aliphatic hydroxyl groups excluding tert-OH is 1. The van der Waals surface area contributed by atoms with Crippen molar-refractivity contribution < 1.29 is 33.6 Å². The van der Waals surface area contributed by atoms with Crippen LogP contribution in [0.3, 0.4) is 0 Å². The van der Waals surface area contributed by atoms with Gasteiger partial charge >= 0.3 is 0 Å². The Kier molecular flexibility index (Phi) is 5.70. The predicted octanol–water partition coefficient (Wildman–Crippen LogP) is 0.233. The van der Waals surface area contributed by atoms with E-state index in [1.165, 1.54) is 7.11 Å². The minimum absolute atomic E-state index is 0.0796. The summed E-state index contributed by atoms with van der Waals surface area (Å²) in [4.78, 5) is 11.8. The molecule has 0 saturated carbocycles. The zero-order valence-corrected chi connectivity index (χ0v) is 12.9. The predicted molar refractivity (Wildman–Crippen MR) is 71.6 cm³/mol. The molecule has 2 heterocycles. The van der Waals surface area contributed by atoms with Crippen LogP contribution in [0.25, 0.3) is 0 Å². The van der Waals surface area contributed by atoms with Crippen molar-refractivity contribution in [1.82, 2.24) is 0 Å². The zero-order valence-electron chi connectivity index (χ0n) is 12.9. The molecule has 2 saturated heterocycles. The summed E-state index contributed by atoms with van der Waals surface area (Å²) in [5, 5.41) is 9.61. The van der Waals surface area contributed by atoms with Gasteiger partial charge in [0.15, 0.2) is 18.4 Å². The Morgan fingerprint density at radius 2 is 1.86 bits per heavy atom. The fourth-order valence-corrected chi connectivity index (χ4v) is 2.82. The Hall–Kier alpha value is -0.570. The average Bonchev–Trinajstić information content (AvgIpc) is 2.45. The number of ether oxygens (including phenoxy) is 5. The lowest BCUT2D eigenvalue weighted by atomic mass is 10.0.